The van der Waals surface area contributed by atoms with Gasteiger partial charge in [0.1, 0.15) is 23.4 Å². The minimum atomic E-state index is -0.334. The van der Waals surface area contributed by atoms with Gasteiger partial charge in [0.05, 0.1) is 5.56 Å². The van der Waals surface area contributed by atoms with E-state index in [2.05, 4.69) is 15.9 Å². The average Bonchev–Trinajstić information content (AvgIpc) is 2.40. The number of para-hydroxylation sites is 1. The zero-order chi connectivity index (χ0) is 13.0. The van der Waals surface area contributed by atoms with E-state index >= 15 is 0 Å². The lowest BCUT2D eigenvalue weighted by molar-refractivity contribution is 0.469. The molecule has 90 valence electrons. The van der Waals surface area contributed by atoms with E-state index in [1.165, 1.54) is 6.07 Å². The van der Waals surface area contributed by atoms with Crippen LogP contribution in [0.1, 0.15) is 11.1 Å². The van der Waals surface area contributed by atoms with Crippen LogP contribution in [0.2, 0.25) is 0 Å². The molecule has 4 heteroatoms. The summed E-state index contributed by atoms with van der Waals surface area (Å²) in [7, 11) is 0. The van der Waals surface area contributed by atoms with Gasteiger partial charge < -0.3 is 4.74 Å². The van der Waals surface area contributed by atoms with Crippen LogP contribution in [-0.4, -0.2) is 0 Å². The summed E-state index contributed by atoms with van der Waals surface area (Å²) in [6.07, 6.45) is 0. The van der Waals surface area contributed by atoms with Gasteiger partial charge in [-0.2, -0.15) is 5.26 Å². The maximum Gasteiger partial charge on any atom is 0.145 e. The highest BCUT2D eigenvalue weighted by Gasteiger charge is 2.10. The predicted octanol–water partition coefficient (Wildman–Crippen LogP) is 4.38. The number of hydrogen-bond donors (Lipinski definition) is 0. The molecule has 2 rings (SSSR count). The van der Waals surface area contributed by atoms with Gasteiger partial charge >= 0.3 is 0 Å². The third-order valence-corrected chi connectivity index (χ3v) is 3.00. The fourth-order valence-corrected chi connectivity index (χ4v) is 2.07. The maximum absolute atomic E-state index is 13.6. The van der Waals surface area contributed by atoms with Crippen LogP contribution in [0.15, 0.2) is 42.5 Å². The summed E-state index contributed by atoms with van der Waals surface area (Å²) in [6, 6.07) is 13.5. The van der Waals surface area contributed by atoms with Gasteiger partial charge in [-0.1, -0.05) is 34.1 Å². The molecule has 2 nitrogen and oxygen atoms in total. The van der Waals surface area contributed by atoms with E-state index in [4.69, 9.17) is 10.00 Å². The van der Waals surface area contributed by atoms with E-state index < -0.39 is 0 Å². The van der Waals surface area contributed by atoms with E-state index in [-0.39, 0.29) is 5.82 Å². The van der Waals surface area contributed by atoms with Gasteiger partial charge in [0.2, 0.25) is 0 Å². The SMILES string of the molecule is N#Cc1ccccc1Oc1cccc(F)c1CBr. The Balaban J connectivity index is 2.41. The molecule has 2 aromatic rings. The standard InChI is InChI=1S/C14H9BrFNO/c15-8-11-12(16)5-3-7-14(11)18-13-6-2-1-4-10(13)9-17/h1-7H,8H2. The van der Waals surface area contributed by atoms with Crippen molar-refractivity contribution in [1.82, 2.24) is 0 Å². The first-order chi connectivity index (χ1) is 8.76. The largest absolute Gasteiger partial charge is 0.456 e. The normalized spacial score (nSPS) is 9.83. The lowest BCUT2D eigenvalue weighted by atomic mass is 10.2. The van der Waals surface area contributed by atoms with Crippen LogP contribution in [0, 0.1) is 17.1 Å². The summed E-state index contributed by atoms with van der Waals surface area (Å²) in [4.78, 5) is 0. The number of alkyl halides is 1. The number of benzene rings is 2. The molecule has 0 radical (unpaired) electrons. The fraction of sp³-hybridized carbons (Fsp3) is 0.0714. The molecule has 0 heterocycles. The number of halogens is 2. The summed E-state index contributed by atoms with van der Waals surface area (Å²) in [5, 5.41) is 9.32. The van der Waals surface area contributed by atoms with Crippen LogP contribution in [0.4, 0.5) is 4.39 Å². The van der Waals surface area contributed by atoms with Crippen LogP contribution < -0.4 is 4.74 Å². The van der Waals surface area contributed by atoms with Crippen molar-refractivity contribution in [2.45, 2.75) is 5.33 Å². The maximum atomic E-state index is 13.6. The van der Waals surface area contributed by atoms with Crippen molar-refractivity contribution >= 4 is 15.9 Å². The van der Waals surface area contributed by atoms with Crippen LogP contribution in [-0.2, 0) is 5.33 Å². The second-order valence-corrected chi connectivity index (χ2v) is 4.12. The number of hydrogen-bond acceptors (Lipinski definition) is 2. The van der Waals surface area contributed by atoms with E-state index in [0.29, 0.717) is 28.0 Å². The van der Waals surface area contributed by atoms with Crippen LogP contribution in [0.25, 0.3) is 0 Å². The highest BCUT2D eigenvalue weighted by Crippen LogP contribution is 2.30. The van der Waals surface area contributed by atoms with Crippen molar-refractivity contribution in [3.63, 3.8) is 0 Å². The summed E-state index contributed by atoms with van der Waals surface area (Å²) in [6.45, 7) is 0. The first kappa shape index (κ1) is 12.6. The first-order valence-electron chi connectivity index (χ1n) is 5.26. The quantitative estimate of drug-likeness (QED) is 0.788. The van der Waals surface area contributed by atoms with Crippen LogP contribution in [0.3, 0.4) is 0 Å². The van der Waals surface area contributed by atoms with E-state index in [1.807, 2.05) is 6.07 Å². The zero-order valence-electron chi connectivity index (χ0n) is 9.36. The highest BCUT2D eigenvalue weighted by molar-refractivity contribution is 9.08. The molecule has 2 aromatic carbocycles. The molecule has 0 amide bonds. The lowest BCUT2D eigenvalue weighted by Gasteiger charge is -2.11. The van der Waals surface area contributed by atoms with Gasteiger partial charge in [0, 0.05) is 10.9 Å². The molecular formula is C14H9BrFNO. The van der Waals surface area contributed by atoms with Gasteiger partial charge in [-0.3, -0.25) is 0 Å². The Kier molecular flexibility index (Phi) is 3.96. The van der Waals surface area contributed by atoms with Crippen molar-refractivity contribution in [3.8, 4) is 17.6 Å². The molecular weight excluding hydrogens is 297 g/mol. The Morgan fingerprint density at radius 2 is 1.83 bits per heavy atom. The van der Waals surface area contributed by atoms with Gasteiger partial charge in [-0.25, -0.2) is 4.39 Å². The third-order valence-electron chi connectivity index (χ3n) is 2.44. The molecule has 0 aliphatic rings. The molecule has 0 bridgehead atoms. The monoisotopic (exact) mass is 305 g/mol. The molecule has 0 aromatic heterocycles. The van der Waals surface area contributed by atoms with Gasteiger partial charge in [-0.05, 0) is 24.3 Å². The molecule has 0 saturated heterocycles. The molecule has 0 aliphatic heterocycles. The smallest absolute Gasteiger partial charge is 0.145 e. The first-order valence-corrected chi connectivity index (χ1v) is 6.38. The second-order valence-electron chi connectivity index (χ2n) is 3.56. The number of ether oxygens (including phenoxy) is 1. The van der Waals surface area contributed by atoms with Crippen molar-refractivity contribution in [2.75, 3.05) is 0 Å². The van der Waals surface area contributed by atoms with Crippen molar-refractivity contribution in [2.24, 2.45) is 0 Å². The summed E-state index contributed by atoms with van der Waals surface area (Å²) < 4.78 is 19.2. The Morgan fingerprint density at radius 3 is 2.56 bits per heavy atom. The molecule has 0 unspecified atom stereocenters. The summed E-state index contributed by atoms with van der Waals surface area (Å²) in [5.74, 6) is 0.501. The summed E-state index contributed by atoms with van der Waals surface area (Å²) in [5.41, 5.74) is 0.854. The average molecular weight is 306 g/mol. The predicted molar refractivity (Wildman–Crippen MR) is 70.3 cm³/mol. The molecule has 0 saturated carbocycles. The number of rotatable bonds is 3. The zero-order valence-corrected chi connectivity index (χ0v) is 10.9. The number of nitrogens with zero attached hydrogens (tertiary/aromatic N) is 1. The van der Waals surface area contributed by atoms with Gasteiger partial charge in [0.25, 0.3) is 0 Å². The van der Waals surface area contributed by atoms with Gasteiger partial charge in [-0.15, -0.1) is 0 Å². The number of nitriles is 1. The molecule has 0 N–H and O–H groups in total. The second kappa shape index (κ2) is 5.65. The molecule has 0 spiro atoms. The summed E-state index contributed by atoms with van der Waals surface area (Å²) >= 11 is 3.22. The van der Waals surface area contributed by atoms with E-state index in [1.54, 1.807) is 36.4 Å². The van der Waals surface area contributed by atoms with Crippen LogP contribution >= 0.6 is 15.9 Å². The van der Waals surface area contributed by atoms with E-state index in [9.17, 15) is 4.39 Å². The lowest BCUT2D eigenvalue weighted by Crippen LogP contribution is -1.94. The minimum absolute atomic E-state index is 0.334. The topological polar surface area (TPSA) is 33.0 Å². The van der Waals surface area contributed by atoms with Crippen molar-refractivity contribution in [3.05, 3.63) is 59.4 Å². The molecule has 0 aliphatic carbocycles. The third kappa shape index (κ3) is 2.52. The van der Waals surface area contributed by atoms with E-state index in [0.717, 1.165) is 0 Å². The Morgan fingerprint density at radius 1 is 1.11 bits per heavy atom. The van der Waals surface area contributed by atoms with Crippen LogP contribution in [0.5, 0.6) is 11.5 Å². The molecule has 18 heavy (non-hydrogen) atoms. The Labute approximate surface area is 113 Å². The van der Waals surface area contributed by atoms with Crippen molar-refractivity contribution < 1.29 is 9.13 Å². The Hall–Kier alpha value is -1.86. The molecule has 0 atom stereocenters. The Bertz CT molecular complexity index is 607. The minimum Gasteiger partial charge on any atom is -0.456 e. The van der Waals surface area contributed by atoms with Crippen molar-refractivity contribution in [1.29, 1.82) is 5.26 Å². The molecule has 0 fully saturated rings. The fourth-order valence-electron chi connectivity index (χ4n) is 1.53. The highest BCUT2D eigenvalue weighted by atomic mass is 79.9. The van der Waals surface area contributed by atoms with Gasteiger partial charge in [0.15, 0.2) is 0 Å².